The minimum atomic E-state index is -0.416. The lowest BCUT2D eigenvalue weighted by atomic mass is 10.2. The van der Waals surface area contributed by atoms with Gasteiger partial charge in [-0.1, -0.05) is 0 Å². The van der Waals surface area contributed by atoms with Gasteiger partial charge in [0, 0.05) is 30.7 Å². The molecular weight excluding hydrogens is 216 g/mol. The number of aryl methyl sites for hydroxylation is 1. The molecule has 1 aromatic heterocycles. The number of carbonyl (C=O) groups is 1. The van der Waals surface area contributed by atoms with Crippen LogP contribution in [0.1, 0.15) is 16.2 Å². The molecule has 0 radical (unpaired) electrons. The first-order valence-electron chi connectivity index (χ1n) is 5.27. The zero-order chi connectivity index (χ0) is 12.3. The lowest BCUT2D eigenvalue weighted by molar-refractivity contribution is 0.100. The Balaban J connectivity index is 2.00. The van der Waals surface area contributed by atoms with Gasteiger partial charge in [0.15, 0.2) is 0 Å². The topological polar surface area (TPSA) is 72.9 Å². The summed E-state index contributed by atoms with van der Waals surface area (Å²) in [5.41, 5.74) is 6.60. The van der Waals surface area contributed by atoms with Crippen LogP contribution < -0.4 is 11.1 Å². The third-order valence-electron chi connectivity index (χ3n) is 2.54. The summed E-state index contributed by atoms with van der Waals surface area (Å²) in [7, 11) is 1.94. The molecule has 5 nitrogen and oxygen atoms in total. The zero-order valence-electron chi connectivity index (χ0n) is 9.55. The average molecular weight is 230 g/mol. The first-order chi connectivity index (χ1) is 8.16. The van der Waals surface area contributed by atoms with Crippen molar-refractivity contribution in [2.45, 2.75) is 6.54 Å². The predicted octanol–water partition coefficient (Wildman–Crippen LogP) is 1.13. The molecule has 2 aromatic rings. The van der Waals surface area contributed by atoms with E-state index in [1.165, 1.54) is 0 Å². The van der Waals surface area contributed by atoms with Crippen molar-refractivity contribution in [1.29, 1.82) is 0 Å². The zero-order valence-corrected chi connectivity index (χ0v) is 9.55. The van der Waals surface area contributed by atoms with Gasteiger partial charge in [0.1, 0.15) is 5.82 Å². The highest BCUT2D eigenvalue weighted by molar-refractivity contribution is 5.93. The first-order valence-corrected chi connectivity index (χ1v) is 5.27. The molecule has 0 fully saturated rings. The van der Waals surface area contributed by atoms with Crippen LogP contribution in [0.25, 0.3) is 0 Å². The molecule has 0 aliphatic rings. The van der Waals surface area contributed by atoms with Crippen LogP contribution in [-0.4, -0.2) is 15.5 Å². The van der Waals surface area contributed by atoms with Gasteiger partial charge in [0.05, 0.1) is 6.54 Å². The minimum Gasteiger partial charge on any atom is -0.378 e. The van der Waals surface area contributed by atoms with Crippen molar-refractivity contribution in [3.63, 3.8) is 0 Å². The Labute approximate surface area is 99.3 Å². The molecule has 0 saturated carbocycles. The second-order valence-corrected chi connectivity index (χ2v) is 3.75. The number of amides is 1. The Morgan fingerprint density at radius 1 is 1.41 bits per heavy atom. The molecular formula is C12H14N4O. The largest absolute Gasteiger partial charge is 0.378 e. The third-order valence-corrected chi connectivity index (χ3v) is 2.54. The van der Waals surface area contributed by atoms with Crippen molar-refractivity contribution in [3.05, 3.63) is 48.0 Å². The molecule has 0 aliphatic carbocycles. The predicted molar refractivity (Wildman–Crippen MR) is 65.5 cm³/mol. The summed E-state index contributed by atoms with van der Waals surface area (Å²) in [5.74, 6) is 0.532. The number of nitrogens with one attached hydrogen (secondary N) is 1. The van der Waals surface area contributed by atoms with Crippen LogP contribution in [0.15, 0.2) is 36.7 Å². The second-order valence-electron chi connectivity index (χ2n) is 3.75. The smallest absolute Gasteiger partial charge is 0.248 e. The monoisotopic (exact) mass is 230 g/mol. The van der Waals surface area contributed by atoms with Gasteiger partial charge < -0.3 is 15.6 Å². The number of nitrogens with zero attached hydrogens (tertiary/aromatic N) is 2. The molecule has 1 amide bonds. The molecule has 0 atom stereocenters. The number of carbonyl (C=O) groups excluding carboxylic acids is 1. The standard InChI is InChI=1S/C12H14N4O/c1-16-7-6-14-11(16)8-15-10-4-2-9(3-5-10)12(13)17/h2-7,15H,8H2,1H3,(H2,13,17). The number of anilines is 1. The number of hydrogen-bond acceptors (Lipinski definition) is 3. The fourth-order valence-corrected chi connectivity index (χ4v) is 1.50. The fourth-order valence-electron chi connectivity index (χ4n) is 1.50. The average Bonchev–Trinajstić information content (AvgIpc) is 2.73. The van der Waals surface area contributed by atoms with Crippen LogP contribution in [0, 0.1) is 0 Å². The molecule has 0 bridgehead atoms. The lowest BCUT2D eigenvalue weighted by Gasteiger charge is -2.06. The summed E-state index contributed by atoms with van der Waals surface area (Å²) in [6.07, 6.45) is 3.65. The van der Waals surface area contributed by atoms with Crippen LogP contribution in [0.3, 0.4) is 0 Å². The maximum Gasteiger partial charge on any atom is 0.248 e. The van der Waals surface area contributed by atoms with E-state index in [1.54, 1.807) is 18.3 Å². The van der Waals surface area contributed by atoms with Crippen LogP contribution in [0.4, 0.5) is 5.69 Å². The summed E-state index contributed by atoms with van der Waals surface area (Å²) in [5, 5.41) is 3.22. The van der Waals surface area contributed by atoms with E-state index in [2.05, 4.69) is 10.3 Å². The molecule has 5 heteroatoms. The molecule has 0 saturated heterocycles. The quantitative estimate of drug-likeness (QED) is 0.827. The van der Waals surface area contributed by atoms with Gasteiger partial charge in [-0.3, -0.25) is 4.79 Å². The Morgan fingerprint density at radius 2 is 2.12 bits per heavy atom. The van der Waals surface area contributed by atoms with Crippen LogP contribution in [-0.2, 0) is 13.6 Å². The highest BCUT2D eigenvalue weighted by Gasteiger charge is 2.01. The molecule has 0 aliphatic heterocycles. The van der Waals surface area contributed by atoms with Gasteiger partial charge >= 0.3 is 0 Å². The summed E-state index contributed by atoms with van der Waals surface area (Å²) in [6.45, 7) is 0.638. The van der Waals surface area contributed by atoms with E-state index in [0.29, 0.717) is 12.1 Å². The van der Waals surface area contributed by atoms with E-state index in [4.69, 9.17) is 5.73 Å². The Kier molecular flexibility index (Phi) is 3.09. The number of imidazole rings is 1. The number of aromatic nitrogens is 2. The number of rotatable bonds is 4. The van der Waals surface area contributed by atoms with Gasteiger partial charge in [-0.2, -0.15) is 0 Å². The van der Waals surface area contributed by atoms with E-state index in [-0.39, 0.29) is 0 Å². The van der Waals surface area contributed by atoms with Crippen molar-refractivity contribution in [1.82, 2.24) is 9.55 Å². The normalized spacial score (nSPS) is 10.2. The van der Waals surface area contributed by atoms with Gasteiger partial charge in [-0.15, -0.1) is 0 Å². The summed E-state index contributed by atoms with van der Waals surface area (Å²) in [6, 6.07) is 7.04. The molecule has 0 spiro atoms. The van der Waals surface area contributed by atoms with Crippen molar-refractivity contribution in [2.24, 2.45) is 12.8 Å². The minimum absolute atomic E-state index is 0.416. The highest BCUT2D eigenvalue weighted by Crippen LogP contribution is 2.10. The molecule has 3 N–H and O–H groups in total. The highest BCUT2D eigenvalue weighted by atomic mass is 16.1. The molecule has 1 aromatic carbocycles. The van der Waals surface area contributed by atoms with Gasteiger partial charge in [0.2, 0.25) is 5.91 Å². The maximum absolute atomic E-state index is 10.9. The van der Waals surface area contributed by atoms with Crippen LogP contribution in [0.5, 0.6) is 0 Å². The Morgan fingerprint density at radius 3 is 2.65 bits per heavy atom. The summed E-state index contributed by atoms with van der Waals surface area (Å²) in [4.78, 5) is 15.1. The number of benzene rings is 1. The molecule has 2 rings (SSSR count). The number of nitrogens with two attached hydrogens (primary N) is 1. The lowest BCUT2D eigenvalue weighted by Crippen LogP contribution is -2.11. The summed E-state index contributed by atoms with van der Waals surface area (Å²) < 4.78 is 1.95. The molecule has 1 heterocycles. The van der Waals surface area contributed by atoms with Gasteiger partial charge in [0.25, 0.3) is 0 Å². The van der Waals surface area contributed by atoms with Crippen molar-refractivity contribution in [2.75, 3.05) is 5.32 Å². The van der Waals surface area contributed by atoms with Crippen LogP contribution >= 0.6 is 0 Å². The Bertz CT molecular complexity index is 516. The molecule has 17 heavy (non-hydrogen) atoms. The van der Waals surface area contributed by atoms with Crippen LogP contribution in [0.2, 0.25) is 0 Å². The van der Waals surface area contributed by atoms with Crippen molar-refractivity contribution in [3.8, 4) is 0 Å². The van der Waals surface area contributed by atoms with E-state index in [9.17, 15) is 4.79 Å². The fraction of sp³-hybridized carbons (Fsp3) is 0.167. The number of primary amides is 1. The van der Waals surface area contributed by atoms with E-state index < -0.39 is 5.91 Å². The first kappa shape index (κ1) is 11.2. The maximum atomic E-state index is 10.9. The van der Waals surface area contributed by atoms with E-state index in [1.807, 2.05) is 29.9 Å². The second kappa shape index (κ2) is 4.69. The van der Waals surface area contributed by atoms with Gasteiger partial charge in [-0.25, -0.2) is 4.98 Å². The summed E-state index contributed by atoms with van der Waals surface area (Å²) >= 11 is 0. The van der Waals surface area contributed by atoms with Crippen molar-refractivity contribution < 1.29 is 4.79 Å². The number of hydrogen-bond donors (Lipinski definition) is 2. The van der Waals surface area contributed by atoms with E-state index in [0.717, 1.165) is 11.5 Å². The third kappa shape index (κ3) is 2.63. The molecule has 0 unspecified atom stereocenters. The SMILES string of the molecule is Cn1ccnc1CNc1ccc(C(N)=O)cc1. The van der Waals surface area contributed by atoms with Gasteiger partial charge in [-0.05, 0) is 24.3 Å². The van der Waals surface area contributed by atoms with Crippen molar-refractivity contribution >= 4 is 11.6 Å². The Hall–Kier alpha value is -2.30. The molecule has 88 valence electrons. The van der Waals surface area contributed by atoms with E-state index >= 15 is 0 Å².